The topological polar surface area (TPSA) is 3.24 Å². The average Bonchev–Trinajstić information content (AvgIpc) is 3.45. The summed E-state index contributed by atoms with van der Waals surface area (Å²) in [4.78, 5) is 3.66. The number of rotatable bonds is 6. The molecule has 5 aromatic rings. The van der Waals surface area contributed by atoms with Crippen LogP contribution in [0.3, 0.4) is 0 Å². The van der Waals surface area contributed by atoms with Crippen LogP contribution < -0.4 is 4.90 Å². The molecule has 0 N–H and O–H groups in total. The van der Waals surface area contributed by atoms with Crippen LogP contribution in [0.25, 0.3) is 21.6 Å². The van der Waals surface area contributed by atoms with E-state index in [1.165, 1.54) is 49.6 Å². The van der Waals surface area contributed by atoms with Crippen molar-refractivity contribution in [2.24, 2.45) is 0 Å². The molecule has 0 bridgehead atoms. The second-order valence-electron chi connectivity index (χ2n) is 10.3. The molecule has 0 fully saturated rings. The first-order valence-electron chi connectivity index (χ1n) is 12.9. The number of thiophene rings is 1. The highest BCUT2D eigenvalue weighted by Gasteiger charge is 2.35. The Bertz CT molecular complexity index is 1560. The van der Waals surface area contributed by atoms with Gasteiger partial charge in [-0.2, -0.15) is 0 Å². The minimum atomic E-state index is -0.0327. The Labute approximate surface area is 232 Å². The molecule has 6 rings (SSSR count). The van der Waals surface area contributed by atoms with Crippen molar-refractivity contribution in [1.82, 2.24) is 0 Å². The molecule has 3 heteroatoms. The third-order valence-electron chi connectivity index (χ3n) is 7.54. The van der Waals surface area contributed by atoms with Crippen LogP contribution in [0.2, 0.25) is 0 Å². The van der Waals surface area contributed by atoms with E-state index in [2.05, 4.69) is 145 Å². The Balaban J connectivity index is 1.46. The summed E-state index contributed by atoms with van der Waals surface area (Å²) < 4.78 is 1.15. The number of hydrogen-bond donors (Lipinski definition) is 0. The van der Waals surface area contributed by atoms with Crippen LogP contribution in [-0.2, 0) is 11.8 Å². The van der Waals surface area contributed by atoms with E-state index in [9.17, 15) is 0 Å². The molecule has 0 spiro atoms. The van der Waals surface area contributed by atoms with Crippen molar-refractivity contribution < 1.29 is 0 Å². The molecular weight excluding hydrogens is 534 g/mol. The van der Waals surface area contributed by atoms with E-state index in [0.717, 1.165) is 22.3 Å². The predicted molar refractivity (Wildman–Crippen MR) is 164 cm³/mol. The van der Waals surface area contributed by atoms with Gasteiger partial charge in [0, 0.05) is 27.4 Å². The summed E-state index contributed by atoms with van der Waals surface area (Å²) in [7, 11) is 0. The van der Waals surface area contributed by atoms with E-state index in [1.54, 1.807) is 11.3 Å². The van der Waals surface area contributed by atoms with Crippen LogP contribution in [0.15, 0.2) is 107 Å². The van der Waals surface area contributed by atoms with Gasteiger partial charge < -0.3 is 4.90 Å². The molecule has 0 radical (unpaired) electrons. The minimum absolute atomic E-state index is 0.0327. The maximum atomic E-state index is 3.60. The molecule has 37 heavy (non-hydrogen) atoms. The van der Waals surface area contributed by atoms with Crippen molar-refractivity contribution in [2.75, 3.05) is 4.90 Å². The zero-order chi connectivity index (χ0) is 25.6. The van der Waals surface area contributed by atoms with Gasteiger partial charge in [-0.15, -0.1) is 11.3 Å². The molecule has 0 saturated carbocycles. The standard InChI is InChI=1S/C34H30BrNS/c1-4-7-23-10-14-25(15-11-23)36(26-16-12-24(13-17-26)32-20-21-33(35)37-32)27-18-19-29-28-8-5-6-9-30(28)34(2,3)31(29)22-27/h5-6,8-22H,4,7H2,1-3H3. The monoisotopic (exact) mass is 563 g/mol. The largest absolute Gasteiger partial charge is 0.310 e. The Morgan fingerprint density at radius 1 is 0.703 bits per heavy atom. The molecule has 1 heterocycles. The molecule has 1 aliphatic carbocycles. The first-order chi connectivity index (χ1) is 18.0. The average molecular weight is 565 g/mol. The minimum Gasteiger partial charge on any atom is -0.310 e. The molecule has 4 aromatic carbocycles. The van der Waals surface area contributed by atoms with Crippen molar-refractivity contribution in [1.29, 1.82) is 0 Å². The molecule has 0 atom stereocenters. The normalized spacial score (nSPS) is 13.3. The lowest BCUT2D eigenvalue weighted by Gasteiger charge is -2.28. The Morgan fingerprint density at radius 2 is 1.35 bits per heavy atom. The summed E-state index contributed by atoms with van der Waals surface area (Å²) in [6, 6.07) is 38.2. The predicted octanol–water partition coefficient (Wildman–Crippen LogP) is 10.9. The lowest BCUT2D eigenvalue weighted by Crippen LogP contribution is -2.16. The Morgan fingerprint density at radius 3 is 2.03 bits per heavy atom. The summed E-state index contributed by atoms with van der Waals surface area (Å²) in [5.74, 6) is 0. The first-order valence-corrected chi connectivity index (χ1v) is 14.6. The summed E-state index contributed by atoms with van der Waals surface area (Å²) in [6.45, 7) is 6.93. The summed E-state index contributed by atoms with van der Waals surface area (Å²) in [5.41, 5.74) is 11.6. The van der Waals surface area contributed by atoms with Gasteiger partial charge in [0.25, 0.3) is 0 Å². The van der Waals surface area contributed by atoms with Crippen molar-refractivity contribution >= 4 is 44.3 Å². The van der Waals surface area contributed by atoms with Crippen LogP contribution in [-0.4, -0.2) is 0 Å². The number of halogens is 1. The fourth-order valence-electron chi connectivity index (χ4n) is 5.62. The number of nitrogens with zero attached hydrogens (tertiary/aromatic N) is 1. The highest BCUT2D eigenvalue weighted by atomic mass is 79.9. The number of hydrogen-bond acceptors (Lipinski definition) is 2. The maximum absolute atomic E-state index is 3.60. The SMILES string of the molecule is CCCc1ccc(N(c2ccc(-c3ccc(Br)s3)cc2)c2ccc3c(c2)C(C)(C)c2ccccc2-3)cc1. The fraction of sp³-hybridized carbons (Fsp3) is 0.176. The van der Waals surface area contributed by atoms with Gasteiger partial charge in [-0.25, -0.2) is 0 Å². The smallest absolute Gasteiger partial charge is 0.0705 e. The van der Waals surface area contributed by atoms with E-state index < -0.39 is 0 Å². The van der Waals surface area contributed by atoms with Crippen LogP contribution in [0, 0.1) is 0 Å². The van der Waals surface area contributed by atoms with E-state index in [-0.39, 0.29) is 5.41 Å². The van der Waals surface area contributed by atoms with Crippen LogP contribution >= 0.6 is 27.3 Å². The summed E-state index contributed by atoms with van der Waals surface area (Å²) in [6.07, 6.45) is 2.26. The van der Waals surface area contributed by atoms with E-state index in [0.29, 0.717) is 0 Å². The van der Waals surface area contributed by atoms with Crippen molar-refractivity contribution in [2.45, 2.75) is 39.0 Å². The highest BCUT2D eigenvalue weighted by Crippen LogP contribution is 2.50. The van der Waals surface area contributed by atoms with Gasteiger partial charge in [0.1, 0.15) is 0 Å². The van der Waals surface area contributed by atoms with Gasteiger partial charge in [0.15, 0.2) is 0 Å². The van der Waals surface area contributed by atoms with Crippen LogP contribution in [0.1, 0.15) is 43.9 Å². The first kappa shape index (κ1) is 24.2. The number of fused-ring (bicyclic) bond motifs is 3. The van der Waals surface area contributed by atoms with Crippen LogP contribution in [0.5, 0.6) is 0 Å². The van der Waals surface area contributed by atoms with E-state index in [4.69, 9.17) is 0 Å². The van der Waals surface area contributed by atoms with Gasteiger partial charge in [-0.1, -0.05) is 81.8 Å². The van der Waals surface area contributed by atoms with Gasteiger partial charge in [-0.3, -0.25) is 0 Å². The van der Waals surface area contributed by atoms with E-state index >= 15 is 0 Å². The number of benzene rings is 4. The highest BCUT2D eigenvalue weighted by molar-refractivity contribution is 9.11. The van der Waals surface area contributed by atoms with Gasteiger partial charge in [-0.05, 0) is 104 Å². The zero-order valence-corrected chi connectivity index (χ0v) is 23.9. The molecule has 1 aromatic heterocycles. The lowest BCUT2D eigenvalue weighted by molar-refractivity contribution is 0.660. The molecule has 0 amide bonds. The molecule has 1 aliphatic rings. The molecule has 1 nitrogen and oxygen atoms in total. The second kappa shape index (κ2) is 9.63. The zero-order valence-electron chi connectivity index (χ0n) is 21.5. The number of aryl methyl sites for hydroxylation is 1. The van der Waals surface area contributed by atoms with Crippen LogP contribution in [0.4, 0.5) is 17.1 Å². The summed E-state index contributed by atoms with van der Waals surface area (Å²) >= 11 is 5.36. The van der Waals surface area contributed by atoms with Crippen molar-refractivity contribution in [3.63, 3.8) is 0 Å². The molecular formula is C34H30BrNS. The Hall–Kier alpha value is -3.14. The van der Waals surface area contributed by atoms with Gasteiger partial charge >= 0.3 is 0 Å². The van der Waals surface area contributed by atoms with Crippen molar-refractivity contribution in [3.8, 4) is 21.6 Å². The summed E-state index contributed by atoms with van der Waals surface area (Å²) in [5, 5.41) is 0. The third-order valence-corrected chi connectivity index (χ3v) is 9.21. The molecule has 0 saturated heterocycles. The fourth-order valence-corrected chi connectivity index (χ4v) is 7.01. The molecule has 184 valence electrons. The van der Waals surface area contributed by atoms with Crippen molar-refractivity contribution in [3.05, 3.63) is 124 Å². The second-order valence-corrected chi connectivity index (χ2v) is 12.8. The third kappa shape index (κ3) is 4.35. The van der Waals surface area contributed by atoms with E-state index in [1.807, 2.05) is 0 Å². The Kier molecular flexibility index (Phi) is 6.30. The molecule has 0 unspecified atom stereocenters. The number of anilines is 3. The molecule has 0 aliphatic heterocycles. The van der Waals surface area contributed by atoms with Gasteiger partial charge in [0.05, 0.1) is 3.79 Å². The lowest BCUT2D eigenvalue weighted by atomic mass is 9.82. The quantitative estimate of drug-likeness (QED) is 0.198. The van der Waals surface area contributed by atoms with Gasteiger partial charge in [0.2, 0.25) is 0 Å². The maximum Gasteiger partial charge on any atom is 0.0705 e.